The highest BCUT2D eigenvalue weighted by atomic mass is 32.1. The van der Waals surface area contributed by atoms with Crippen molar-refractivity contribution in [3.05, 3.63) is 58.7 Å². The molecule has 0 spiro atoms. The van der Waals surface area contributed by atoms with E-state index >= 15 is 0 Å². The fourth-order valence-corrected chi connectivity index (χ4v) is 4.29. The van der Waals surface area contributed by atoms with Crippen LogP contribution in [0.4, 0.5) is 0 Å². The fraction of sp³-hybridized carbons (Fsp3) is 0.150. The van der Waals surface area contributed by atoms with Gasteiger partial charge in [-0.15, -0.1) is 0 Å². The molecule has 26 heavy (non-hydrogen) atoms. The summed E-state index contributed by atoms with van der Waals surface area (Å²) in [6, 6.07) is 14.1. The zero-order valence-corrected chi connectivity index (χ0v) is 15.5. The maximum absolute atomic E-state index is 12.3. The summed E-state index contributed by atoms with van der Waals surface area (Å²) < 4.78 is 1.78. The van der Waals surface area contributed by atoms with E-state index in [4.69, 9.17) is 0 Å². The van der Waals surface area contributed by atoms with E-state index in [0.29, 0.717) is 21.2 Å². The first-order valence-corrected chi connectivity index (χ1v) is 9.00. The lowest BCUT2D eigenvalue weighted by Crippen LogP contribution is -2.21. The first-order valence-electron chi connectivity index (χ1n) is 8.19. The van der Waals surface area contributed by atoms with Gasteiger partial charge in [0.2, 0.25) is 0 Å². The molecule has 0 saturated heterocycles. The van der Waals surface area contributed by atoms with Crippen LogP contribution in [0.5, 0.6) is 0 Å². The van der Waals surface area contributed by atoms with E-state index in [0.717, 1.165) is 28.3 Å². The van der Waals surface area contributed by atoms with Crippen molar-refractivity contribution < 1.29 is 9.59 Å². The maximum atomic E-state index is 12.3. The average molecular weight is 363 g/mol. The highest BCUT2D eigenvalue weighted by molar-refractivity contribution is 7.19. The summed E-state index contributed by atoms with van der Waals surface area (Å²) in [6.07, 6.45) is 0.814. The van der Waals surface area contributed by atoms with Gasteiger partial charge in [-0.1, -0.05) is 47.7 Å². The number of amides is 1. The van der Waals surface area contributed by atoms with Gasteiger partial charge in [0.15, 0.2) is 11.2 Å². The number of fused-ring (bicyclic) bond motifs is 2. The average Bonchev–Trinajstić information content (AvgIpc) is 3.17. The Bertz CT molecular complexity index is 1170. The Balaban J connectivity index is 1.93. The minimum absolute atomic E-state index is 0.0814. The third kappa shape index (κ3) is 2.42. The number of aryl methyl sites for hydroxylation is 1. The van der Waals surface area contributed by atoms with Crippen molar-refractivity contribution in [2.75, 3.05) is 14.1 Å². The van der Waals surface area contributed by atoms with Gasteiger partial charge in [-0.3, -0.25) is 14.0 Å². The van der Waals surface area contributed by atoms with Crippen LogP contribution in [0.25, 0.3) is 27.0 Å². The maximum Gasteiger partial charge on any atom is 0.265 e. The molecule has 0 radical (unpaired) electrons. The zero-order chi connectivity index (χ0) is 18.4. The summed E-state index contributed by atoms with van der Waals surface area (Å²) in [6.45, 7) is 1.85. The fourth-order valence-electron chi connectivity index (χ4n) is 3.13. The van der Waals surface area contributed by atoms with Crippen molar-refractivity contribution in [2.45, 2.75) is 6.92 Å². The number of benzene rings is 2. The molecule has 0 aliphatic heterocycles. The highest BCUT2D eigenvalue weighted by Gasteiger charge is 2.23. The number of hydrogen-bond acceptors (Lipinski definition) is 4. The number of nitrogens with zero attached hydrogens (tertiary/aromatic N) is 3. The molecule has 2 aromatic heterocycles. The molecule has 0 N–H and O–H groups in total. The number of carbonyl (C=O) groups excluding carboxylic acids is 2. The molecular formula is C20H17N3O2S. The number of imidazole rings is 1. The van der Waals surface area contributed by atoms with E-state index in [-0.39, 0.29) is 5.91 Å². The number of aldehydes is 1. The lowest BCUT2D eigenvalue weighted by Gasteiger charge is -2.09. The van der Waals surface area contributed by atoms with Crippen LogP contribution in [0.3, 0.4) is 0 Å². The molecule has 2 heterocycles. The second kappa shape index (κ2) is 6.07. The molecule has 130 valence electrons. The zero-order valence-electron chi connectivity index (χ0n) is 14.7. The number of thiazole rings is 1. The molecule has 0 fully saturated rings. The van der Waals surface area contributed by atoms with Crippen LogP contribution in [0, 0.1) is 6.92 Å². The van der Waals surface area contributed by atoms with Crippen LogP contribution < -0.4 is 0 Å². The first-order chi connectivity index (χ1) is 12.5. The molecule has 0 aliphatic rings. The first kappa shape index (κ1) is 16.5. The lowest BCUT2D eigenvalue weighted by molar-refractivity contribution is 0.0831. The summed E-state index contributed by atoms with van der Waals surface area (Å²) in [5.41, 5.74) is 2.75. The second-order valence-corrected chi connectivity index (χ2v) is 7.34. The normalized spacial score (nSPS) is 11.2. The Hall–Kier alpha value is -2.99. The van der Waals surface area contributed by atoms with Crippen LogP contribution in [0.15, 0.2) is 42.5 Å². The van der Waals surface area contributed by atoms with Gasteiger partial charge < -0.3 is 4.90 Å². The SMILES string of the molecule is Cc1c(C(=O)N(C)C)sc2nc(-c3ccc4ccccc4c3)c(C=O)n12. The van der Waals surface area contributed by atoms with E-state index in [1.54, 1.807) is 18.5 Å². The standard InChI is InChI=1S/C20H17N3O2S/c1-12-18(19(25)22(2)3)26-20-21-17(16(11-24)23(12)20)15-9-8-13-6-4-5-7-14(13)10-15/h4-11H,1-3H3. The second-order valence-electron chi connectivity index (χ2n) is 6.36. The van der Waals surface area contributed by atoms with Crippen molar-refractivity contribution in [1.82, 2.24) is 14.3 Å². The molecule has 0 unspecified atom stereocenters. The van der Waals surface area contributed by atoms with Crippen LogP contribution in [-0.2, 0) is 0 Å². The summed E-state index contributed by atoms with van der Waals surface area (Å²) in [7, 11) is 3.43. The van der Waals surface area contributed by atoms with Gasteiger partial charge in [0.05, 0.1) is 0 Å². The predicted octanol–water partition coefficient (Wildman–Crippen LogP) is 4.04. The molecule has 0 aliphatic carbocycles. The van der Waals surface area contributed by atoms with Gasteiger partial charge in [0, 0.05) is 25.4 Å². The van der Waals surface area contributed by atoms with Crippen molar-refractivity contribution in [3.8, 4) is 11.3 Å². The minimum atomic E-state index is -0.0814. The third-order valence-corrected chi connectivity index (χ3v) is 5.61. The van der Waals surface area contributed by atoms with Gasteiger partial charge in [-0.25, -0.2) is 4.98 Å². The van der Waals surface area contributed by atoms with Crippen LogP contribution in [-0.4, -0.2) is 40.6 Å². The number of aromatic nitrogens is 2. The number of rotatable bonds is 3. The smallest absolute Gasteiger partial charge is 0.265 e. The van der Waals surface area contributed by atoms with Crippen molar-refractivity contribution in [2.24, 2.45) is 0 Å². The highest BCUT2D eigenvalue weighted by Crippen LogP contribution is 2.32. The van der Waals surface area contributed by atoms with E-state index in [2.05, 4.69) is 11.1 Å². The van der Waals surface area contributed by atoms with Gasteiger partial charge in [-0.2, -0.15) is 0 Å². The monoisotopic (exact) mass is 363 g/mol. The third-order valence-electron chi connectivity index (χ3n) is 4.47. The Kier molecular flexibility index (Phi) is 3.85. The van der Waals surface area contributed by atoms with Crippen LogP contribution in [0.1, 0.15) is 25.9 Å². The van der Waals surface area contributed by atoms with Crippen molar-refractivity contribution in [1.29, 1.82) is 0 Å². The van der Waals surface area contributed by atoms with Gasteiger partial charge >= 0.3 is 0 Å². The lowest BCUT2D eigenvalue weighted by atomic mass is 10.0. The summed E-state index contributed by atoms with van der Waals surface area (Å²) in [5, 5.41) is 2.23. The molecule has 4 rings (SSSR count). The molecular weight excluding hydrogens is 346 g/mol. The van der Waals surface area contributed by atoms with Crippen LogP contribution in [0.2, 0.25) is 0 Å². The van der Waals surface area contributed by atoms with E-state index in [9.17, 15) is 9.59 Å². The number of carbonyl (C=O) groups is 2. The van der Waals surface area contributed by atoms with E-state index in [1.165, 1.54) is 16.2 Å². The topological polar surface area (TPSA) is 54.7 Å². The molecule has 0 atom stereocenters. The predicted molar refractivity (Wildman–Crippen MR) is 104 cm³/mol. The van der Waals surface area contributed by atoms with Crippen molar-refractivity contribution in [3.63, 3.8) is 0 Å². The summed E-state index contributed by atoms with van der Waals surface area (Å²) in [4.78, 5) is 31.6. The number of hydrogen-bond donors (Lipinski definition) is 0. The Labute approximate surface area is 154 Å². The van der Waals surface area contributed by atoms with E-state index < -0.39 is 0 Å². The Morgan fingerprint density at radius 1 is 1.15 bits per heavy atom. The van der Waals surface area contributed by atoms with Crippen LogP contribution >= 0.6 is 11.3 Å². The van der Waals surface area contributed by atoms with Gasteiger partial charge in [0.1, 0.15) is 16.3 Å². The van der Waals surface area contributed by atoms with Gasteiger partial charge in [0.25, 0.3) is 5.91 Å². The quantitative estimate of drug-likeness (QED) is 0.516. The van der Waals surface area contributed by atoms with Gasteiger partial charge in [-0.05, 0) is 23.8 Å². The molecule has 6 heteroatoms. The minimum Gasteiger partial charge on any atom is -0.344 e. The largest absolute Gasteiger partial charge is 0.344 e. The molecule has 5 nitrogen and oxygen atoms in total. The molecule has 2 aromatic carbocycles. The van der Waals surface area contributed by atoms with Crippen molar-refractivity contribution >= 4 is 39.3 Å². The molecule has 1 amide bonds. The molecule has 0 saturated carbocycles. The summed E-state index contributed by atoms with van der Waals surface area (Å²) in [5.74, 6) is -0.0814. The summed E-state index contributed by atoms with van der Waals surface area (Å²) >= 11 is 1.31. The van der Waals surface area contributed by atoms with E-state index in [1.807, 2.05) is 43.3 Å². The Morgan fingerprint density at radius 3 is 2.58 bits per heavy atom. The molecule has 4 aromatic rings. The Morgan fingerprint density at radius 2 is 1.88 bits per heavy atom. The molecule has 0 bridgehead atoms.